The van der Waals surface area contributed by atoms with Gasteiger partial charge in [0.1, 0.15) is 13.2 Å². The molecule has 0 radical (unpaired) electrons. The van der Waals surface area contributed by atoms with Crippen LogP contribution in [0.25, 0.3) is 10.9 Å². The first-order chi connectivity index (χ1) is 18.7. The number of nitrogens with one attached hydrogen (secondary N) is 1. The smallest absolute Gasteiger partial charge is 0.252 e. The Bertz CT molecular complexity index is 1440. The van der Waals surface area contributed by atoms with Crippen LogP contribution in [0.2, 0.25) is 0 Å². The summed E-state index contributed by atoms with van der Waals surface area (Å²) < 4.78 is 13.4. The number of hydrogen-bond acceptors (Lipinski definition) is 7. The summed E-state index contributed by atoms with van der Waals surface area (Å²) in [6, 6.07) is 16.4. The Hall–Kier alpha value is -3.72. The molecular formula is C29H34N6O3. The average molecular weight is 515 g/mol. The molecule has 9 nitrogen and oxygen atoms in total. The maximum absolute atomic E-state index is 13.3. The van der Waals surface area contributed by atoms with Crippen molar-refractivity contribution in [2.75, 3.05) is 13.2 Å². The third-order valence-corrected chi connectivity index (χ3v) is 7.80. The largest absolute Gasteiger partial charge is 0.486 e. The van der Waals surface area contributed by atoms with Crippen LogP contribution in [0.5, 0.6) is 11.5 Å². The first-order valence-electron chi connectivity index (χ1n) is 13.7. The zero-order valence-electron chi connectivity index (χ0n) is 21.8. The SMILES string of the molecule is CC[C@@H](c1nnnn1Cc1ccccc1)N(Cc1cc2cc3c(cc2[nH]c1=O)OCCO3)C1CCCCC1. The Morgan fingerprint density at radius 3 is 2.58 bits per heavy atom. The number of nitrogens with zero attached hydrogens (tertiary/aromatic N) is 5. The fraction of sp³-hybridized carbons (Fsp3) is 0.448. The minimum Gasteiger partial charge on any atom is -0.486 e. The minimum atomic E-state index is -0.0753. The van der Waals surface area contributed by atoms with E-state index in [4.69, 9.17) is 9.47 Å². The summed E-state index contributed by atoms with van der Waals surface area (Å²) >= 11 is 0. The summed E-state index contributed by atoms with van der Waals surface area (Å²) in [5, 5.41) is 13.9. The molecule has 4 aromatic rings. The van der Waals surface area contributed by atoms with E-state index in [0.29, 0.717) is 38.1 Å². The van der Waals surface area contributed by atoms with Crippen LogP contribution in [-0.4, -0.2) is 49.3 Å². The molecule has 1 aliphatic carbocycles. The first kappa shape index (κ1) is 24.6. The Kier molecular flexibility index (Phi) is 7.09. The van der Waals surface area contributed by atoms with E-state index < -0.39 is 0 Å². The van der Waals surface area contributed by atoms with E-state index in [1.807, 2.05) is 41.1 Å². The van der Waals surface area contributed by atoms with Crippen molar-refractivity contribution in [2.45, 2.75) is 70.6 Å². The van der Waals surface area contributed by atoms with Crippen molar-refractivity contribution in [3.63, 3.8) is 0 Å². The number of pyridine rings is 1. The van der Waals surface area contributed by atoms with E-state index in [2.05, 4.69) is 44.5 Å². The molecule has 9 heteroatoms. The lowest BCUT2D eigenvalue weighted by atomic mass is 9.92. The summed E-state index contributed by atoms with van der Waals surface area (Å²) in [5.41, 5.74) is 2.57. The lowest BCUT2D eigenvalue weighted by molar-refractivity contribution is 0.0844. The number of hydrogen-bond donors (Lipinski definition) is 1. The van der Waals surface area contributed by atoms with Crippen molar-refractivity contribution in [1.82, 2.24) is 30.1 Å². The third kappa shape index (κ3) is 5.03. The van der Waals surface area contributed by atoms with Gasteiger partial charge >= 0.3 is 0 Å². The van der Waals surface area contributed by atoms with Crippen LogP contribution in [0.4, 0.5) is 0 Å². The molecule has 0 amide bonds. The number of rotatable bonds is 8. The van der Waals surface area contributed by atoms with Crippen LogP contribution in [-0.2, 0) is 13.1 Å². The molecule has 0 unspecified atom stereocenters. The van der Waals surface area contributed by atoms with Gasteiger partial charge in [-0.05, 0) is 47.4 Å². The van der Waals surface area contributed by atoms with Crippen LogP contribution in [0.3, 0.4) is 0 Å². The topological polar surface area (TPSA) is 98.2 Å². The molecule has 2 aliphatic rings. The van der Waals surface area contributed by atoms with Crippen molar-refractivity contribution in [3.05, 3.63) is 75.8 Å². The zero-order chi connectivity index (χ0) is 25.9. The molecule has 38 heavy (non-hydrogen) atoms. The third-order valence-electron chi connectivity index (χ3n) is 7.80. The fourth-order valence-corrected chi connectivity index (χ4v) is 5.89. The second-order valence-corrected chi connectivity index (χ2v) is 10.3. The normalized spacial score (nSPS) is 16.7. The maximum atomic E-state index is 13.3. The van der Waals surface area contributed by atoms with Gasteiger partial charge in [0.2, 0.25) is 0 Å². The Balaban J connectivity index is 1.35. The number of H-pyrrole nitrogens is 1. The molecule has 1 N–H and O–H groups in total. The van der Waals surface area contributed by atoms with E-state index in [1.54, 1.807) is 0 Å². The molecule has 0 saturated heterocycles. The van der Waals surface area contributed by atoms with Gasteiger partial charge in [-0.2, -0.15) is 0 Å². The summed E-state index contributed by atoms with van der Waals surface area (Å²) in [6.07, 6.45) is 6.72. The maximum Gasteiger partial charge on any atom is 0.252 e. The molecule has 1 saturated carbocycles. The van der Waals surface area contributed by atoms with E-state index >= 15 is 0 Å². The Morgan fingerprint density at radius 2 is 1.82 bits per heavy atom. The Morgan fingerprint density at radius 1 is 1.05 bits per heavy atom. The lowest BCUT2D eigenvalue weighted by Gasteiger charge is -2.39. The number of ether oxygens (including phenoxy) is 2. The van der Waals surface area contributed by atoms with Gasteiger partial charge in [-0.15, -0.1) is 5.10 Å². The lowest BCUT2D eigenvalue weighted by Crippen LogP contribution is -2.41. The predicted molar refractivity (Wildman–Crippen MR) is 144 cm³/mol. The van der Waals surface area contributed by atoms with Gasteiger partial charge in [-0.1, -0.05) is 56.5 Å². The standard InChI is InChI=1S/C29H34N6O3/c1-2-25(28-31-32-33-35(28)18-20-9-5-3-6-10-20)34(23-11-7-4-8-12-23)19-22-15-21-16-26-27(38-14-13-37-26)17-24(21)30-29(22)36/h3,5-6,9-10,15-17,23,25H,2,4,7-8,11-14,18-19H2,1H3,(H,30,36)/t25-/m0/s1. The van der Waals surface area contributed by atoms with Gasteiger partial charge < -0.3 is 14.5 Å². The molecule has 0 spiro atoms. The molecule has 6 rings (SSSR count). The molecule has 1 fully saturated rings. The molecule has 1 aliphatic heterocycles. The zero-order valence-corrected chi connectivity index (χ0v) is 21.8. The second kappa shape index (κ2) is 10.9. The summed E-state index contributed by atoms with van der Waals surface area (Å²) in [5.74, 6) is 2.24. The summed E-state index contributed by atoms with van der Waals surface area (Å²) in [4.78, 5) is 18.9. The molecule has 3 heterocycles. The number of benzene rings is 2. The van der Waals surface area contributed by atoms with E-state index in [-0.39, 0.29) is 11.6 Å². The van der Waals surface area contributed by atoms with Crippen molar-refractivity contribution >= 4 is 10.9 Å². The second-order valence-electron chi connectivity index (χ2n) is 10.3. The van der Waals surface area contributed by atoms with Crippen molar-refractivity contribution < 1.29 is 9.47 Å². The highest BCUT2D eigenvalue weighted by atomic mass is 16.6. The van der Waals surface area contributed by atoms with Crippen molar-refractivity contribution in [2.24, 2.45) is 0 Å². The van der Waals surface area contributed by atoms with Crippen LogP contribution in [0, 0.1) is 0 Å². The van der Waals surface area contributed by atoms with Crippen molar-refractivity contribution in [3.8, 4) is 11.5 Å². The number of tetrazole rings is 1. The molecule has 1 atom stereocenters. The molecular weight excluding hydrogens is 480 g/mol. The van der Waals surface area contributed by atoms with Crippen LogP contribution in [0.1, 0.15) is 68.4 Å². The molecule has 0 bridgehead atoms. The number of fused-ring (bicyclic) bond motifs is 2. The minimum absolute atomic E-state index is 0.00724. The van der Waals surface area contributed by atoms with Crippen LogP contribution >= 0.6 is 0 Å². The van der Waals surface area contributed by atoms with Gasteiger partial charge in [0.25, 0.3) is 5.56 Å². The van der Waals surface area contributed by atoms with E-state index in [0.717, 1.165) is 52.9 Å². The van der Waals surface area contributed by atoms with E-state index in [1.165, 1.54) is 19.3 Å². The van der Waals surface area contributed by atoms with Gasteiger partial charge in [0.05, 0.1) is 18.1 Å². The average Bonchev–Trinajstić information content (AvgIpc) is 3.40. The molecule has 2 aromatic carbocycles. The summed E-state index contributed by atoms with van der Waals surface area (Å²) in [7, 11) is 0. The highest BCUT2D eigenvalue weighted by molar-refractivity contribution is 5.83. The van der Waals surface area contributed by atoms with Gasteiger partial charge in [0.15, 0.2) is 17.3 Å². The van der Waals surface area contributed by atoms with Crippen LogP contribution < -0.4 is 15.0 Å². The van der Waals surface area contributed by atoms with Crippen molar-refractivity contribution in [1.29, 1.82) is 0 Å². The molecule has 2 aromatic heterocycles. The molecule has 198 valence electrons. The fourth-order valence-electron chi connectivity index (χ4n) is 5.89. The van der Waals surface area contributed by atoms with Gasteiger partial charge in [-0.25, -0.2) is 4.68 Å². The van der Waals surface area contributed by atoms with E-state index in [9.17, 15) is 4.79 Å². The van der Waals surface area contributed by atoms with Crippen LogP contribution in [0.15, 0.2) is 53.3 Å². The van der Waals surface area contributed by atoms with Gasteiger partial charge in [0, 0.05) is 29.6 Å². The van der Waals surface area contributed by atoms with Gasteiger partial charge in [-0.3, -0.25) is 9.69 Å². The number of aromatic nitrogens is 5. The number of aromatic amines is 1. The monoisotopic (exact) mass is 514 g/mol. The Labute approximate surface area is 221 Å². The summed E-state index contributed by atoms with van der Waals surface area (Å²) in [6.45, 7) is 4.36. The predicted octanol–water partition coefficient (Wildman–Crippen LogP) is 4.62. The highest BCUT2D eigenvalue weighted by Crippen LogP contribution is 2.35. The first-order valence-corrected chi connectivity index (χ1v) is 13.7. The quantitative estimate of drug-likeness (QED) is 0.366. The highest BCUT2D eigenvalue weighted by Gasteiger charge is 2.32.